The molecule has 36 heteroatoms. The van der Waals surface area contributed by atoms with Crippen LogP contribution in [-0.4, -0.2) is 197 Å². The Morgan fingerprint density at radius 3 is 1.30 bits per heavy atom. The summed E-state index contributed by atoms with van der Waals surface area (Å²) in [7, 11) is 0. The van der Waals surface area contributed by atoms with Gasteiger partial charge in [-0.05, 0) is 113 Å². The van der Waals surface area contributed by atoms with Gasteiger partial charge in [0.05, 0.1) is 13.0 Å². The maximum atomic E-state index is 14.7. The van der Waals surface area contributed by atoms with Crippen LogP contribution in [0.25, 0.3) is 0 Å². The fourth-order valence-corrected chi connectivity index (χ4v) is 9.87. The van der Waals surface area contributed by atoms with Crippen LogP contribution < -0.4 is 92.9 Å². The summed E-state index contributed by atoms with van der Waals surface area (Å²) in [5.41, 5.74) is 34.3. The van der Waals surface area contributed by atoms with Gasteiger partial charge < -0.3 is 108 Å². The number of nitrogens with zero attached hydrogens (tertiary/aromatic N) is 2. The lowest BCUT2D eigenvalue weighted by Gasteiger charge is -2.28. The van der Waals surface area contributed by atoms with E-state index in [1.165, 1.54) is 31.2 Å². The molecule has 0 saturated heterocycles. The minimum absolute atomic E-state index is 0.000126. The van der Waals surface area contributed by atoms with Crippen LogP contribution in [0.1, 0.15) is 130 Å². The smallest absolute Gasteiger partial charge is 0.305 e. The van der Waals surface area contributed by atoms with Gasteiger partial charge in [0.1, 0.15) is 66.2 Å². The zero-order valence-corrected chi connectivity index (χ0v) is 57.3. The molecule has 0 aliphatic carbocycles. The van der Waals surface area contributed by atoms with Crippen molar-refractivity contribution >= 4 is 94.7 Å². The molecule has 0 unspecified atom stereocenters. The van der Waals surface area contributed by atoms with Gasteiger partial charge in [0.15, 0.2) is 11.9 Å². The second kappa shape index (κ2) is 45.0. The van der Waals surface area contributed by atoms with E-state index in [0.717, 1.165) is 6.92 Å². The van der Waals surface area contributed by atoms with Gasteiger partial charge in [-0.2, -0.15) is 0 Å². The maximum Gasteiger partial charge on any atom is 0.305 e. The second-order valence-corrected chi connectivity index (χ2v) is 24.7. The molecule has 2 aromatic carbocycles. The highest BCUT2D eigenvalue weighted by molar-refractivity contribution is 5.99. The minimum atomic E-state index is -1.77. The highest BCUT2D eigenvalue weighted by Crippen LogP contribution is 2.15. The van der Waals surface area contributed by atoms with Crippen LogP contribution >= 0.6 is 0 Å². The number of nitrogens with two attached hydrogens (primary N) is 6. The van der Waals surface area contributed by atoms with Crippen LogP contribution in [0.5, 0.6) is 5.75 Å². The molecule has 100 heavy (non-hydrogen) atoms. The SMILES string of the molecule is CC(=O)N[C@@H](CC(=O)O)C(=O)NCC(=O)N[C@@H](Cc1ccc(O)cc1)C(=O)N[C@@H](Cc1ccccc1)C(=O)N[C@@H](CCC(=O)O)C(=O)N[C@@H](CCCN=C(N)N)C(=O)N[C@@H](CC(C)C)C(=O)N[C@@H](CCCN=C(N)N)C(=O)N[C@@H](C)C(=O)N[C@@H](CCCCN)C(=O)N[C@@H](CC(C)C)C(N)=O. The molecule has 0 bridgehead atoms. The summed E-state index contributed by atoms with van der Waals surface area (Å²) in [5.74, 6) is -15.0. The lowest BCUT2D eigenvalue weighted by molar-refractivity contribution is -0.141. The number of phenolic OH excluding ortho intramolecular Hbond substituents is 1. The van der Waals surface area contributed by atoms with Crippen molar-refractivity contribution in [3.63, 3.8) is 0 Å². The Morgan fingerprint density at radius 2 is 0.840 bits per heavy atom. The van der Waals surface area contributed by atoms with Crippen LogP contribution in [0.3, 0.4) is 0 Å². The van der Waals surface area contributed by atoms with Crippen molar-refractivity contribution in [3.05, 3.63) is 65.7 Å². The summed E-state index contributed by atoms with van der Waals surface area (Å²) in [6.45, 7) is 8.82. The molecule has 0 spiro atoms. The summed E-state index contributed by atoms with van der Waals surface area (Å²) in [4.78, 5) is 196. The van der Waals surface area contributed by atoms with Crippen molar-refractivity contribution in [2.75, 3.05) is 26.2 Å². The zero-order valence-electron chi connectivity index (χ0n) is 57.3. The molecule has 0 aliphatic heterocycles. The van der Waals surface area contributed by atoms with Crippen molar-refractivity contribution in [2.24, 2.45) is 56.2 Å². The third kappa shape index (κ3) is 35.0. The summed E-state index contributed by atoms with van der Waals surface area (Å²) < 4.78 is 0. The number of benzene rings is 2. The number of aliphatic carboxylic acids is 2. The molecule has 0 aliphatic rings. The van der Waals surface area contributed by atoms with E-state index in [4.69, 9.17) is 34.4 Å². The largest absolute Gasteiger partial charge is 0.508 e. The number of carboxylic acid groups (broad SMARTS) is 2. The number of aromatic hydroxyl groups is 1. The van der Waals surface area contributed by atoms with E-state index in [2.05, 4.69) is 68.5 Å². The summed E-state index contributed by atoms with van der Waals surface area (Å²) in [6, 6.07) is -0.990. The lowest BCUT2D eigenvalue weighted by Crippen LogP contribution is -2.60. The minimum Gasteiger partial charge on any atom is -0.508 e. The van der Waals surface area contributed by atoms with Crippen molar-refractivity contribution < 1.29 is 82.4 Å². The van der Waals surface area contributed by atoms with E-state index in [-0.39, 0.29) is 107 Å². The molecule has 554 valence electrons. The molecular formula is C64H101N19O17. The number of carbonyl (C=O) groups is 14. The third-order valence-corrected chi connectivity index (χ3v) is 14.9. The number of rotatable bonds is 47. The Morgan fingerprint density at radius 1 is 0.430 bits per heavy atom. The van der Waals surface area contributed by atoms with Gasteiger partial charge in [0.2, 0.25) is 70.9 Å². The van der Waals surface area contributed by atoms with Crippen LogP contribution in [0.2, 0.25) is 0 Å². The first kappa shape index (κ1) is 85.4. The standard InChI is InChI=1S/C64H101N19O17/c1-34(2)28-45(53(66)91)81-57(95)41(16-10-11-25-65)77-54(92)36(5)74-56(94)42(17-12-26-71-63(67)68)79-60(98)46(29-35(3)4)82-58(96)43(18-13-27-72-64(69)70)78-59(97)44(23-24-51(87)88)80-62(100)48(30-38-14-8-7-9-15-38)83-61(99)47(31-39-19-21-40(85)22-20-39)76-50(86)33-73-55(93)49(32-52(89)90)75-37(6)84/h7-9,14-15,19-22,34-36,41-49,85H,10-13,16-18,23-33,65H2,1-6H3,(H2,66,91)(H,73,93)(H,74,94)(H,75,84)(H,76,86)(H,77,92)(H,78,97)(H,79,98)(H,80,100)(H,81,95)(H,82,96)(H,83,99)(H,87,88)(H,89,90)(H4,67,68,71)(H4,69,70,72)/t36-,41-,42-,43-,44-,45-,46-,47-,48-,49-/m0/s1. The first-order valence-electron chi connectivity index (χ1n) is 32.7. The van der Waals surface area contributed by atoms with E-state index < -0.39 is 169 Å². The van der Waals surface area contributed by atoms with Crippen molar-refractivity contribution in [1.29, 1.82) is 0 Å². The number of unbranched alkanes of at least 4 members (excludes halogenated alkanes) is 1. The maximum absolute atomic E-state index is 14.7. The number of phenols is 1. The molecule has 0 heterocycles. The predicted molar refractivity (Wildman–Crippen MR) is 366 cm³/mol. The Labute approximate surface area is 579 Å². The van der Waals surface area contributed by atoms with Crippen molar-refractivity contribution in [2.45, 2.75) is 192 Å². The van der Waals surface area contributed by atoms with E-state index in [1.807, 2.05) is 13.8 Å². The average Bonchev–Trinajstić information content (AvgIpc) is 0.859. The molecule has 2 rings (SSSR count). The van der Waals surface area contributed by atoms with Crippen LogP contribution in [0, 0.1) is 11.8 Å². The highest BCUT2D eigenvalue weighted by atomic mass is 16.4. The molecular weight excluding hydrogens is 1310 g/mol. The van der Waals surface area contributed by atoms with Gasteiger partial charge in [0.25, 0.3) is 0 Å². The quantitative estimate of drug-likeness (QED) is 0.0168. The summed E-state index contributed by atoms with van der Waals surface area (Å²) in [6.07, 6.45) is -1.92. The Bertz CT molecular complexity index is 3130. The molecule has 0 aromatic heterocycles. The van der Waals surface area contributed by atoms with Gasteiger partial charge in [-0.1, -0.05) is 70.2 Å². The number of hydrogen-bond acceptors (Lipinski definition) is 18. The average molecular weight is 1410 g/mol. The van der Waals surface area contributed by atoms with E-state index in [0.29, 0.717) is 24.0 Å². The number of aliphatic imine (C=N–C) groups is 2. The van der Waals surface area contributed by atoms with E-state index in [1.54, 1.807) is 44.2 Å². The molecule has 2 aromatic rings. The molecule has 36 nitrogen and oxygen atoms in total. The molecule has 10 atom stereocenters. The normalized spacial score (nSPS) is 13.9. The predicted octanol–water partition coefficient (Wildman–Crippen LogP) is -4.67. The van der Waals surface area contributed by atoms with Crippen molar-refractivity contribution in [3.8, 4) is 5.75 Å². The van der Waals surface area contributed by atoms with Gasteiger partial charge in [-0.3, -0.25) is 77.1 Å². The number of carboxylic acids is 2. The topological polar surface area (TPSA) is 613 Å². The number of primary amides is 1. The highest BCUT2D eigenvalue weighted by Gasteiger charge is 2.36. The number of amides is 12. The third-order valence-electron chi connectivity index (χ3n) is 14.9. The molecule has 26 N–H and O–H groups in total. The first-order valence-corrected chi connectivity index (χ1v) is 32.7. The summed E-state index contributed by atoms with van der Waals surface area (Å²) in [5, 5.41) is 56.7. The van der Waals surface area contributed by atoms with Gasteiger partial charge >= 0.3 is 11.9 Å². The zero-order chi connectivity index (χ0) is 75.2. The fraction of sp³-hybridized carbons (Fsp3) is 0.562. The second-order valence-electron chi connectivity index (χ2n) is 24.7. The number of carbonyl (C=O) groups excluding carboxylic acids is 12. The van der Waals surface area contributed by atoms with Crippen LogP contribution in [-0.2, 0) is 80.0 Å². The van der Waals surface area contributed by atoms with Crippen LogP contribution in [0.15, 0.2) is 64.6 Å². The Kier molecular flexibility index (Phi) is 38.4. The van der Waals surface area contributed by atoms with E-state index in [9.17, 15) is 82.4 Å². The van der Waals surface area contributed by atoms with Gasteiger partial charge in [-0.15, -0.1) is 0 Å². The van der Waals surface area contributed by atoms with Gasteiger partial charge in [0, 0.05) is 39.3 Å². The summed E-state index contributed by atoms with van der Waals surface area (Å²) >= 11 is 0. The Hall–Kier alpha value is -10.7. The Balaban J connectivity index is 2.60. The first-order chi connectivity index (χ1) is 47.1. The molecule has 12 amide bonds. The van der Waals surface area contributed by atoms with Crippen LogP contribution in [0.4, 0.5) is 0 Å². The lowest BCUT2D eigenvalue weighted by atomic mass is 10.0. The number of nitrogens with one attached hydrogen (secondary N) is 11. The van der Waals surface area contributed by atoms with Gasteiger partial charge in [-0.25, -0.2) is 0 Å². The monoisotopic (exact) mass is 1410 g/mol. The fourth-order valence-electron chi connectivity index (χ4n) is 9.87. The van der Waals surface area contributed by atoms with Crippen molar-refractivity contribution in [1.82, 2.24) is 58.5 Å². The number of hydrogen-bond donors (Lipinski definition) is 20. The number of guanidine groups is 2. The molecule has 0 fully saturated rings. The molecule has 0 saturated carbocycles. The molecule has 0 radical (unpaired) electrons. The van der Waals surface area contributed by atoms with E-state index >= 15 is 0 Å².